The normalized spacial score (nSPS) is 10.6. The third-order valence-corrected chi connectivity index (χ3v) is 3.41. The van der Waals surface area contributed by atoms with E-state index in [1.54, 1.807) is 12.3 Å². The molecule has 0 aliphatic carbocycles. The number of rotatable bonds is 4. The summed E-state index contributed by atoms with van der Waals surface area (Å²) in [7, 11) is 0. The summed E-state index contributed by atoms with van der Waals surface area (Å²) in [6.07, 6.45) is 3.43. The lowest BCUT2D eigenvalue weighted by molar-refractivity contribution is 0.244. The molecule has 0 unspecified atom stereocenters. The Labute approximate surface area is 137 Å². The van der Waals surface area contributed by atoms with Crippen molar-refractivity contribution in [2.45, 2.75) is 6.54 Å². The van der Waals surface area contributed by atoms with E-state index in [4.69, 9.17) is 11.6 Å². The Bertz CT molecular complexity index is 658. The molecule has 0 saturated heterocycles. The first-order chi connectivity index (χ1) is 10.1. The smallest absolute Gasteiger partial charge is 0.319 e. The molecule has 21 heavy (non-hydrogen) atoms. The summed E-state index contributed by atoms with van der Waals surface area (Å²) in [4.78, 5) is 11.6. The number of benzene rings is 2. The van der Waals surface area contributed by atoms with Gasteiger partial charge in [-0.3, -0.25) is 0 Å². The van der Waals surface area contributed by atoms with Gasteiger partial charge in [-0.1, -0.05) is 51.8 Å². The van der Waals surface area contributed by atoms with Crippen molar-refractivity contribution in [1.29, 1.82) is 0 Å². The number of hydrogen-bond donors (Lipinski definition) is 2. The van der Waals surface area contributed by atoms with Crippen molar-refractivity contribution < 1.29 is 4.79 Å². The average molecular weight is 366 g/mol. The van der Waals surface area contributed by atoms with E-state index in [1.165, 1.54) is 0 Å². The molecule has 108 valence electrons. The van der Waals surface area contributed by atoms with Crippen LogP contribution in [0.2, 0.25) is 5.02 Å². The first-order valence-electron chi connectivity index (χ1n) is 6.34. The molecule has 5 heteroatoms. The summed E-state index contributed by atoms with van der Waals surface area (Å²) in [6, 6.07) is 14.9. The van der Waals surface area contributed by atoms with Crippen LogP contribution in [0.4, 0.5) is 4.79 Å². The lowest BCUT2D eigenvalue weighted by Crippen LogP contribution is -2.31. The number of nitrogens with one attached hydrogen (secondary N) is 2. The molecule has 2 aromatic rings. The van der Waals surface area contributed by atoms with Gasteiger partial charge in [0, 0.05) is 22.2 Å². The highest BCUT2D eigenvalue weighted by molar-refractivity contribution is 9.10. The summed E-state index contributed by atoms with van der Waals surface area (Å²) in [5.41, 5.74) is 1.95. The Hall–Kier alpha value is -1.78. The SMILES string of the molecule is O=C(N/C=C/c1cccc(Br)c1)NCc1cccc(Cl)c1. The van der Waals surface area contributed by atoms with E-state index in [2.05, 4.69) is 26.6 Å². The molecule has 2 N–H and O–H groups in total. The molecule has 3 nitrogen and oxygen atoms in total. The Morgan fingerprint density at radius 3 is 2.76 bits per heavy atom. The number of urea groups is 1. The van der Waals surface area contributed by atoms with Crippen LogP contribution in [0.1, 0.15) is 11.1 Å². The van der Waals surface area contributed by atoms with Gasteiger partial charge in [-0.05, 0) is 41.5 Å². The van der Waals surface area contributed by atoms with Crippen LogP contribution in [-0.2, 0) is 6.54 Å². The highest BCUT2D eigenvalue weighted by atomic mass is 79.9. The summed E-state index contributed by atoms with van der Waals surface area (Å²) >= 11 is 9.28. The largest absolute Gasteiger partial charge is 0.334 e. The maximum Gasteiger partial charge on any atom is 0.319 e. The van der Waals surface area contributed by atoms with Crippen molar-refractivity contribution in [2.24, 2.45) is 0 Å². The van der Waals surface area contributed by atoms with Crippen molar-refractivity contribution in [2.75, 3.05) is 0 Å². The molecular weight excluding hydrogens is 352 g/mol. The summed E-state index contributed by atoms with van der Waals surface area (Å²) in [6.45, 7) is 0.428. The first kappa shape index (κ1) is 15.6. The maximum absolute atomic E-state index is 11.6. The van der Waals surface area contributed by atoms with E-state index >= 15 is 0 Å². The number of carbonyl (C=O) groups is 1. The van der Waals surface area contributed by atoms with E-state index in [0.29, 0.717) is 11.6 Å². The fourth-order valence-corrected chi connectivity index (χ4v) is 2.33. The van der Waals surface area contributed by atoms with Gasteiger partial charge in [0.15, 0.2) is 0 Å². The highest BCUT2D eigenvalue weighted by Crippen LogP contribution is 2.12. The summed E-state index contributed by atoms with van der Waals surface area (Å²) in [5.74, 6) is 0. The van der Waals surface area contributed by atoms with Crippen LogP contribution < -0.4 is 10.6 Å². The second kappa shape index (κ2) is 7.86. The number of halogens is 2. The second-order valence-electron chi connectivity index (χ2n) is 4.35. The van der Waals surface area contributed by atoms with Gasteiger partial charge in [0.05, 0.1) is 0 Å². The quantitative estimate of drug-likeness (QED) is 0.818. The van der Waals surface area contributed by atoms with Crippen molar-refractivity contribution >= 4 is 39.6 Å². The van der Waals surface area contributed by atoms with Gasteiger partial charge in [0.25, 0.3) is 0 Å². The van der Waals surface area contributed by atoms with Gasteiger partial charge in [0.1, 0.15) is 0 Å². The molecule has 0 spiro atoms. The van der Waals surface area contributed by atoms with Crippen LogP contribution in [0.3, 0.4) is 0 Å². The molecule has 2 amide bonds. The zero-order valence-corrected chi connectivity index (χ0v) is 13.5. The Morgan fingerprint density at radius 2 is 2.00 bits per heavy atom. The van der Waals surface area contributed by atoms with Crippen molar-refractivity contribution in [1.82, 2.24) is 10.6 Å². The van der Waals surface area contributed by atoms with Crippen molar-refractivity contribution in [3.05, 3.63) is 75.4 Å². The minimum atomic E-state index is -0.263. The molecule has 2 aromatic carbocycles. The molecular formula is C16H14BrClN2O. The van der Waals surface area contributed by atoms with E-state index in [0.717, 1.165) is 15.6 Å². The lowest BCUT2D eigenvalue weighted by atomic mass is 10.2. The molecule has 0 aliphatic heterocycles. The van der Waals surface area contributed by atoms with Crippen LogP contribution in [-0.4, -0.2) is 6.03 Å². The monoisotopic (exact) mass is 364 g/mol. The van der Waals surface area contributed by atoms with Gasteiger partial charge in [0.2, 0.25) is 0 Å². The minimum absolute atomic E-state index is 0.263. The number of amides is 2. The molecule has 0 aromatic heterocycles. The van der Waals surface area contributed by atoms with Crippen LogP contribution in [0.15, 0.2) is 59.2 Å². The lowest BCUT2D eigenvalue weighted by Gasteiger charge is -2.05. The molecule has 0 bridgehead atoms. The molecule has 0 fully saturated rings. The molecule has 0 heterocycles. The van der Waals surface area contributed by atoms with E-state index < -0.39 is 0 Å². The third kappa shape index (κ3) is 5.61. The minimum Gasteiger partial charge on any atom is -0.334 e. The number of hydrogen-bond acceptors (Lipinski definition) is 1. The molecule has 0 saturated carbocycles. The van der Waals surface area contributed by atoms with Crippen LogP contribution in [0.5, 0.6) is 0 Å². The van der Waals surface area contributed by atoms with Gasteiger partial charge < -0.3 is 10.6 Å². The second-order valence-corrected chi connectivity index (χ2v) is 5.70. The predicted octanol–water partition coefficient (Wildman–Crippen LogP) is 4.57. The van der Waals surface area contributed by atoms with Gasteiger partial charge in [-0.2, -0.15) is 0 Å². The fourth-order valence-electron chi connectivity index (χ4n) is 1.70. The van der Waals surface area contributed by atoms with Crippen LogP contribution >= 0.6 is 27.5 Å². The fraction of sp³-hybridized carbons (Fsp3) is 0.0625. The van der Waals surface area contributed by atoms with Crippen molar-refractivity contribution in [3.63, 3.8) is 0 Å². The van der Waals surface area contributed by atoms with E-state index in [1.807, 2.05) is 48.5 Å². The standard InChI is InChI=1S/C16H14BrClN2O/c17-14-5-1-3-12(9-14)7-8-19-16(21)20-11-13-4-2-6-15(18)10-13/h1-10H,11H2,(H2,19,20,21)/b8-7+. The Kier molecular flexibility index (Phi) is 5.84. The molecule has 0 atom stereocenters. The summed E-state index contributed by atoms with van der Waals surface area (Å²) < 4.78 is 0.995. The van der Waals surface area contributed by atoms with Gasteiger partial charge >= 0.3 is 6.03 Å². The zero-order valence-electron chi connectivity index (χ0n) is 11.1. The maximum atomic E-state index is 11.6. The van der Waals surface area contributed by atoms with Crippen LogP contribution in [0, 0.1) is 0 Å². The third-order valence-electron chi connectivity index (χ3n) is 2.68. The Balaban J connectivity index is 1.80. The molecule has 2 rings (SSSR count). The summed E-state index contributed by atoms with van der Waals surface area (Å²) in [5, 5.41) is 6.07. The molecule has 0 radical (unpaired) electrons. The van der Waals surface area contributed by atoms with Gasteiger partial charge in [-0.15, -0.1) is 0 Å². The topological polar surface area (TPSA) is 41.1 Å². The van der Waals surface area contributed by atoms with Crippen LogP contribution in [0.25, 0.3) is 6.08 Å². The predicted molar refractivity (Wildman–Crippen MR) is 90.0 cm³/mol. The van der Waals surface area contributed by atoms with E-state index in [9.17, 15) is 4.79 Å². The van der Waals surface area contributed by atoms with Crippen molar-refractivity contribution in [3.8, 4) is 0 Å². The molecule has 0 aliphatic rings. The van der Waals surface area contributed by atoms with E-state index in [-0.39, 0.29) is 6.03 Å². The average Bonchev–Trinajstić information content (AvgIpc) is 2.45. The number of carbonyl (C=O) groups excluding carboxylic acids is 1. The first-order valence-corrected chi connectivity index (χ1v) is 7.51. The zero-order chi connectivity index (χ0) is 15.1. The van der Waals surface area contributed by atoms with Gasteiger partial charge in [-0.25, -0.2) is 4.79 Å². The Morgan fingerprint density at radius 1 is 1.19 bits per heavy atom. The highest BCUT2D eigenvalue weighted by Gasteiger charge is 1.98.